The SMILES string of the molecule is c1ccc(-c2ccc3c(c2)c2cc(-c4ccccc4)ccc2n3-c2ccc3oc4cccc(-n5c6ccccc6c6cc(-c7ccccc7)ccc65)c4c3c2)cc1. The van der Waals surface area contributed by atoms with E-state index in [1.165, 1.54) is 77.0 Å². The highest BCUT2D eigenvalue weighted by Crippen LogP contribution is 2.42. The van der Waals surface area contributed by atoms with Gasteiger partial charge >= 0.3 is 0 Å². The van der Waals surface area contributed by atoms with Crippen LogP contribution in [0.2, 0.25) is 0 Å². The van der Waals surface area contributed by atoms with Crippen molar-refractivity contribution in [3.8, 4) is 44.8 Å². The van der Waals surface area contributed by atoms with Crippen LogP contribution in [0.1, 0.15) is 0 Å². The van der Waals surface area contributed by atoms with Gasteiger partial charge in [0, 0.05) is 32.6 Å². The van der Waals surface area contributed by atoms with Gasteiger partial charge in [-0.05, 0) is 106 Å². The Balaban J connectivity index is 1.10. The summed E-state index contributed by atoms with van der Waals surface area (Å²) in [6, 6.07) is 74.4. The molecule has 57 heavy (non-hydrogen) atoms. The first-order chi connectivity index (χ1) is 28.3. The van der Waals surface area contributed by atoms with E-state index in [1.54, 1.807) is 0 Å². The van der Waals surface area contributed by atoms with Crippen molar-refractivity contribution < 1.29 is 4.42 Å². The molecule has 3 aromatic heterocycles. The minimum Gasteiger partial charge on any atom is -0.456 e. The van der Waals surface area contributed by atoms with E-state index in [2.05, 4.69) is 215 Å². The minimum absolute atomic E-state index is 0.867. The molecule has 0 unspecified atom stereocenters. The van der Waals surface area contributed by atoms with Crippen LogP contribution in [0.25, 0.3) is 110 Å². The van der Waals surface area contributed by atoms with Crippen molar-refractivity contribution in [3.05, 3.63) is 206 Å². The molecular weight excluding hydrogens is 693 g/mol. The lowest BCUT2D eigenvalue weighted by Gasteiger charge is -2.11. The average molecular weight is 727 g/mol. The molecule has 3 heteroatoms. The molecule has 0 amide bonds. The zero-order chi connectivity index (χ0) is 37.5. The van der Waals surface area contributed by atoms with Gasteiger partial charge in [0.25, 0.3) is 0 Å². The highest BCUT2D eigenvalue weighted by atomic mass is 16.3. The molecule has 3 nitrogen and oxygen atoms in total. The van der Waals surface area contributed by atoms with Gasteiger partial charge in [-0.2, -0.15) is 0 Å². The molecule has 0 spiro atoms. The van der Waals surface area contributed by atoms with E-state index in [1.807, 2.05) is 0 Å². The third-order valence-electron chi connectivity index (χ3n) is 11.7. The van der Waals surface area contributed by atoms with E-state index in [9.17, 15) is 0 Å². The number of fused-ring (bicyclic) bond motifs is 9. The maximum absolute atomic E-state index is 6.65. The average Bonchev–Trinajstić information content (AvgIpc) is 3.94. The van der Waals surface area contributed by atoms with Gasteiger partial charge in [-0.3, -0.25) is 0 Å². The number of furan rings is 1. The number of nitrogens with zero attached hydrogens (tertiary/aromatic N) is 2. The third-order valence-corrected chi connectivity index (χ3v) is 11.7. The van der Waals surface area contributed by atoms with Crippen molar-refractivity contribution in [1.82, 2.24) is 9.13 Å². The second kappa shape index (κ2) is 12.5. The predicted molar refractivity (Wildman–Crippen MR) is 239 cm³/mol. The number of aromatic nitrogens is 2. The summed E-state index contributed by atoms with van der Waals surface area (Å²) in [6.45, 7) is 0. The fourth-order valence-electron chi connectivity index (χ4n) is 9.09. The van der Waals surface area contributed by atoms with E-state index < -0.39 is 0 Å². The highest BCUT2D eigenvalue weighted by Gasteiger charge is 2.20. The first-order valence-corrected chi connectivity index (χ1v) is 19.5. The molecule has 12 rings (SSSR count). The summed E-state index contributed by atoms with van der Waals surface area (Å²) >= 11 is 0. The van der Waals surface area contributed by atoms with Gasteiger partial charge in [0.05, 0.1) is 33.1 Å². The van der Waals surface area contributed by atoms with Crippen LogP contribution in [0.4, 0.5) is 0 Å². The number of para-hydroxylation sites is 1. The molecule has 0 bridgehead atoms. The van der Waals surface area contributed by atoms with Gasteiger partial charge in [-0.1, -0.05) is 133 Å². The van der Waals surface area contributed by atoms with Crippen molar-refractivity contribution in [2.75, 3.05) is 0 Å². The van der Waals surface area contributed by atoms with Crippen molar-refractivity contribution in [2.24, 2.45) is 0 Å². The molecule has 0 aliphatic carbocycles. The second-order valence-electron chi connectivity index (χ2n) is 14.9. The quantitative estimate of drug-likeness (QED) is 0.173. The zero-order valence-electron chi connectivity index (χ0n) is 30.9. The molecule has 0 aliphatic rings. The van der Waals surface area contributed by atoms with E-state index >= 15 is 0 Å². The predicted octanol–water partition coefficient (Wildman–Crippen LogP) is 14.8. The third kappa shape index (κ3) is 4.92. The van der Waals surface area contributed by atoms with Crippen LogP contribution in [-0.2, 0) is 0 Å². The molecule has 0 fully saturated rings. The largest absolute Gasteiger partial charge is 0.456 e. The van der Waals surface area contributed by atoms with Crippen molar-refractivity contribution in [3.63, 3.8) is 0 Å². The molecule has 266 valence electrons. The molecule has 0 saturated carbocycles. The lowest BCUT2D eigenvalue weighted by Crippen LogP contribution is -1.95. The Bertz CT molecular complexity index is 3400. The fourth-order valence-corrected chi connectivity index (χ4v) is 9.09. The highest BCUT2D eigenvalue weighted by molar-refractivity contribution is 6.16. The monoisotopic (exact) mass is 726 g/mol. The van der Waals surface area contributed by atoms with Crippen molar-refractivity contribution in [1.29, 1.82) is 0 Å². The Hall–Kier alpha value is -7.62. The smallest absolute Gasteiger partial charge is 0.137 e. The minimum atomic E-state index is 0.867. The molecule has 0 saturated heterocycles. The summed E-state index contributed by atoms with van der Waals surface area (Å²) in [5.41, 5.74) is 15.8. The lowest BCUT2D eigenvalue weighted by atomic mass is 10.0. The summed E-state index contributed by atoms with van der Waals surface area (Å²) in [6.07, 6.45) is 0. The Labute approximate surface area is 328 Å². The first-order valence-electron chi connectivity index (χ1n) is 19.5. The molecule has 3 heterocycles. The van der Waals surface area contributed by atoms with Crippen LogP contribution < -0.4 is 0 Å². The topological polar surface area (TPSA) is 23.0 Å². The number of benzene rings is 9. The Morgan fingerprint density at radius 2 is 0.772 bits per heavy atom. The maximum atomic E-state index is 6.65. The van der Waals surface area contributed by atoms with Crippen molar-refractivity contribution in [2.45, 2.75) is 0 Å². The van der Waals surface area contributed by atoms with E-state index in [4.69, 9.17) is 4.42 Å². The van der Waals surface area contributed by atoms with E-state index in [0.717, 1.165) is 33.3 Å². The molecule has 0 aliphatic heterocycles. The van der Waals surface area contributed by atoms with Crippen LogP contribution in [0.3, 0.4) is 0 Å². The molecular formula is C54H34N2O. The number of hydrogen-bond donors (Lipinski definition) is 0. The molecule has 9 aromatic carbocycles. The maximum Gasteiger partial charge on any atom is 0.137 e. The van der Waals surface area contributed by atoms with Gasteiger partial charge < -0.3 is 13.6 Å². The van der Waals surface area contributed by atoms with Crippen LogP contribution >= 0.6 is 0 Å². The van der Waals surface area contributed by atoms with E-state index in [0.29, 0.717) is 0 Å². The fraction of sp³-hybridized carbons (Fsp3) is 0. The summed E-state index contributed by atoms with van der Waals surface area (Å²) in [5, 5.41) is 7.09. The molecule has 0 N–H and O–H groups in total. The van der Waals surface area contributed by atoms with Gasteiger partial charge in [0.1, 0.15) is 11.2 Å². The van der Waals surface area contributed by atoms with Crippen molar-refractivity contribution >= 4 is 65.6 Å². The van der Waals surface area contributed by atoms with Gasteiger partial charge in [0.2, 0.25) is 0 Å². The van der Waals surface area contributed by atoms with E-state index in [-0.39, 0.29) is 0 Å². The molecule has 12 aromatic rings. The van der Waals surface area contributed by atoms with Crippen LogP contribution in [-0.4, -0.2) is 9.13 Å². The van der Waals surface area contributed by atoms with Gasteiger partial charge in [-0.15, -0.1) is 0 Å². The Morgan fingerprint density at radius 3 is 1.35 bits per heavy atom. The molecule has 0 radical (unpaired) electrons. The Morgan fingerprint density at radius 1 is 0.281 bits per heavy atom. The second-order valence-corrected chi connectivity index (χ2v) is 14.9. The molecule has 0 atom stereocenters. The van der Waals surface area contributed by atoms with Gasteiger partial charge in [-0.25, -0.2) is 0 Å². The van der Waals surface area contributed by atoms with Crippen LogP contribution in [0.15, 0.2) is 211 Å². The zero-order valence-corrected chi connectivity index (χ0v) is 30.9. The first kappa shape index (κ1) is 31.7. The summed E-state index contributed by atoms with van der Waals surface area (Å²) in [5.74, 6) is 0. The van der Waals surface area contributed by atoms with Crippen LogP contribution in [0, 0.1) is 0 Å². The van der Waals surface area contributed by atoms with Gasteiger partial charge in [0.15, 0.2) is 0 Å². The lowest BCUT2D eigenvalue weighted by molar-refractivity contribution is 0.669. The van der Waals surface area contributed by atoms with Crippen LogP contribution in [0.5, 0.6) is 0 Å². The normalized spacial score (nSPS) is 11.9. The number of rotatable bonds is 5. The standard InChI is InChI=1S/C54H34N2O/c1-4-13-35(14-5-1)38-25-29-50-43(31-38)42-19-10-11-20-47(42)56(50)51-21-12-22-53-54(51)46-34-41(26-30-52(46)57-53)55-48-27-23-39(36-15-6-2-7-16-36)32-44(48)45-33-40(24-28-49(45)55)37-17-8-3-9-18-37/h1-34H. The Kier molecular flexibility index (Phi) is 6.93. The summed E-state index contributed by atoms with van der Waals surface area (Å²) in [4.78, 5) is 0. The summed E-state index contributed by atoms with van der Waals surface area (Å²) < 4.78 is 11.5. The summed E-state index contributed by atoms with van der Waals surface area (Å²) in [7, 11) is 0. The number of hydrogen-bond acceptors (Lipinski definition) is 1.